The summed E-state index contributed by atoms with van der Waals surface area (Å²) in [5.41, 5.74) is -1.23. The third-order valence-corrected chi connectivity index (χ3v) is 4.11. The van der Waals surface area contributed by atoms with Crippen LogP contribution < -0.4 is 10.2 Å². The first-order valence-corrected chi connectivity index (χ1v) is 8.23. The van der Waals surface area contributed by atoms with Crippen molar-refractivity contribution in [1.29, 1.82) is 0 Å². The molecule has 0 aliphatic carbocycles. The van der Waals surface area contributed by atoms with E-state index >= 15 is 0 Å². The van der Waals surface area contributed by atoms with E-state index in [0.29, 0.717) is 5.82 Å². The Morgan fingerprint density at radius 1 is 1.11 bits per heavy atom. The van der Waals surface area contributed by atoms with E-state index in [9.17, 15) is 25.0 Å². The minimum Gasteiger partial charge on any atom is -0.357 e. The second-order valence-electron chi connectivity index (χ2n) is 5.96. The maximum atomic E-state index is 12.3. The van der Waals surface area contributed by atoms with E-state index in [1.807, 2.05) is 0 Å². The monoisotopic (exact) mass is 372 g/mol. The zero-order valence-electron chi connectivity index (χ0n) is 14.2. The van der Waals surface area contributed by atoms with Gasteiger partial charge in [0.05, 0.1) is 28.0 Å². The SMILES string of the molecule is O=C(NCc1nccc(N2CCCC2)n1)c1cc([N+](=O)[O-])cc([N+](=O)[O-])c1. The summed E-state index contributed by atoms with van der Waals surface area (Å²) in [6.07, 6.45) is 3.80. The number of rotatable bonds is 6. The average Bonchev–Trinajstić information content (AvgIpc) is 3.20. The summed E-state index contributed by atoms with van der Waals surface area (Å²) in [7, 11) is 0. The van der Waals surface area contributed by atoms with Crippen LogP contribution in [0, 0.1) is 20.2 Å². The molecule has 1 saturated heterocycles. The number of aromatic nitrogens is 2. The molecule has 0 spiro atoms. The number of hydrogen-bond acceptors (Lipinski definition) is 8. The molecule has 0 atom stereocenters. The fourth-order valence-electron chi connectivity index (χ4n) is 2.79. The third-order valence-electron chi connectivity index (χ3n) is 4.11. The molecule has 2 heterocycles. The van der Waals surface area contributed by atoms with E-state index < -0.39 is 27.1 Å². The molecule has 1 N–H and O–H groups in total. The summed E-state index contributed by atoms with van der Waals surface area (Å²) in [6, 6.07) is 4.58. The molecular weight excluding hydrogens is 356 g/mol. The molecule has 140 valence electrons. The predicted molar refractivity (Wildman–Crippen MR) is 94.4 cm³/mol. The van der Waals surface area contributed by atoms with Gasteiger partial charge in [-0.1, -0.05) is 0 Å². The first-order chi connectivity index (χ1) is 12.9. The van der Waals surface area contributed by atoms with Crippen LogP contribution in [0.5, 0.6) is 0 Å². The minimum absolute atomic E-state index is 0.00297. The number of benzene rings is 1. The summed E-state index contributed by atoms with van der Waals surface area (Å²) >= 11 is 0. The lowest BCUT2D eigenvalue weighted by Gasteiger charge is -2.16. The summed E-state index contributed by atoms with van der Waals surface area (Å²) in [5, 5.41) is 24.4. The van der Waals surface area contributed by atoms with E-state index in [-0.39, 0.29) is 12.1 Å². The van der Waals surface area contributed by atoms with Gasteiger partial charge >= 0.3 is 0 Å². The average molecular weight is 372 g/mol. The fraction of sp³-hybridized carbons (Fsp3) is 0.312. The Morgan fingerprint density at radius 3 is 2.33 bits per heavy atom. The summed E-state index contributed by atoms with van der Waals surface area (Å²) in [6.45, 7) is 1.83. The molecule has 1 amide bonds. The number of amides is 1. The van der Waals surface area contributed by atoms with E-state index in [1.165, 1.54) is 0 Å². The summed E-state index contributed by atoms with van der Waals surface area (Å²) in [4.78, 5) is 43.2. The predicted octanol–water partition coefficient (Wildman–Crippen LogP) is 1.82. The minimum atomic E-state index is -0.785. The molecule has 0 bridgehead atoms. The van der Waals surface area contributed by atoms with Gasteiger partial charge in [-0.15, -0.1) is 0 Å². The Kier molecular flexibility index (Phi) is 5.20. The molecule has 27 heavy (non-hydrogen) atoms. The highest BCUT2D eigenvalue weighted by Crippen LogP contribution is 2.22. The Morgan fingerprint density at radius 2 is 1.74 bits per heavy atom. The van der Waals surface area contributed by atoms with Gasteiger partial charge in [0.1, 0.15) is 11.6 Å². The van der Waals surface area contributed by atoms with Crippen molar-refractivity contribution in [2.75, 3.05) is 18.0 Å². The maximum Gasteiger partial charge on any atom is 0.277 e. The van der Waals surface area contributed by atoms with Crippen LogP contribution in [0.4, 0.5) is 17.2 Å². The van der Waals surface area contributed by atoms with Gasteiger partial charge in [0.15, 0.2) is 0 Å². The molecule has 1 fully saturated rings. The van der Waals surface area contributed by atoms with Gasteiger partial charge in [0.25, 0.3) is 17.3 Å². The molecule has 2 aromatic rings. The van der Waals surface area contributed by atoms with Gasteiger partial charge in [0.2, 0.25) is 0 Å². The van der Waals surface area contributed by atoms with Crippen molar-refractivity contribution in [1.82, 2.24) is 15.3 Å². The first kappa shape index (κ1) is 18.2. The number of carbonyl (C=O) groups is 1. The highest BCUT2D eigenvalue weighted by Gasteiger charge is 2.20. The number of hydrogen-bond donors (Lipinski definition) is 1. The van der Waals surface area contributed by atoms with Crippen LogP contribution in [0.25, 0.3) is 0 Å². The largest absolute Gasteiger partial charge is 0.357 e. The molecular formula is C16H16N6O5. The molecule has 1 aromatic carbocycles. The molecule has 1 aromatic heterocycles. The highest BCUT2D eigenvalue weighted by atomic mass is 16.6. The molecule has 1 aliphatic rings. The smallest absolute Gasteiger partial charge is 0.277 e. The number of anilines is 1. The van der Waals surface area contributed by atoms with E-state index in [4.69, 9.17) is 0 Å². The van der Waals surface area contributed by atoms with Gasteiger partial charge in [-0.05, 0) is 18.9 Å². The summed E-state index contributed by atoms with van der Waals surface area (Å²) in [5.74, 6) is 0.474. The Balaban J connectivity index is 1.73. The van der Waals surface area contributed by atoms with E-state index in [1.54, 1.807) is 12.3 Å². The number of nitro groups is 2. The molecule has 11 nitrogen and oxygen atoms in total. The van der Waals surface area contributed by atoms with Gasteiger partial charge < -0.3 is 10.2 Å². The molecule has 0 unspecified atom stereocenters. The number of carbonyl (C=O) groups excluding carboxylic acids is 1. The molecule has 0 radical (unpaired) electrons. The van der Waals surface area contributed by atoms with Gasteiger partial charge in [-0.2, -0.15) is 0 Å². The molecule has 0 saturated carbocycles. The standard InChI is InChI=1S/C16H16N6O5/c23-16(11-7-12(21(24)25)9-13(8-11)22(26)27)18-10-14-17-4-3-15(19-14)20-5-1-2-6-20/h3-4,7-9H,1-2,5-6,10H2,(H,18,23). The van der Waals surface area contributed by atoms with Crippen molar-refractivity contribution in [3.63, 3.8) is 0 Å². The van der Waals surface area contributed by atoms with Crippen molar-refractivity contribution in [2.45, 2.75) is 19.4 Å². The van der Waals surface area contributed by atoms with E-state index in [0.717, 1.165) is 49.9 Å². The zero-order valence-corrected chi connectivity index (χ0v) is 14.2. The van der Waals surface area contributed by atoms with Crippen LogP contribution in [-0.2, 0) is 6.54 Å². The lowest BCUT2D eigenvalue weighted by atomic mass is 10.1. The van der Waals surface area contributed by atoms with Crippen LogP contribution in [0.15, 0.2) is 30.5 Å². The first-order valence-electron chi connectivity index (χ1n) is 8.23. The van der Waals surface area contributed by atoms with Crippen LogP contribution in [0.2, 0.25) is 0 Å². The number of nitrogens with one attached hydrogen (secondary N) is 1. The summed E-state index contributed by atoms with van der Waals surface area (Å²) < 4.78 is 0. The van der Waals surface area contributed by atoms with Gasteiger partial charge in [-0.25, -0.2) is 9.97 Å². The fourth-order valence-corrected chi connectivity index (χ4v) is 2.79. The lowest BCUT2D eigenvalue weighted by Crippen LogP contribution is -2.25. The van der Waals surface area contributed by atoms with Gasteiger partial charge in [0, 0.05) is 31.4 Å². The van der Waals surface area contributed by atoms with Crippen molar-refractivity contribution in [2.24, 2.45) is 0 Å². The second-order valence-corrected chi connectivity index (χ2v) is 5.96. The maximum absolute atomic E-state index is 12.3. The van der Waals surface area contributed by atoms with Crippen LogP contribution in [0.1, 0.15) is 29.0 Å². The highest BCUT2D eigenvalue weighted by molar-refractivity contribution is 5.95. The third kappa shape index (κ3) is 4.32. The van der Waals surface area contributed by atoms with Crippen molar-refractivity contribution in [3.05, 3.63) is 62.1 Å². The van der Waals surface area contributed by atoms with E-state index in [2.05, 4.69) is 20.2 Å². The number of nitro benzene ring substituents is 2. The second kappa shape index (κ2) is 7.72. The Labute approximate surface area is 153 Å². The van der Waals surface area contributed by atoms with Crippen molar-refractivity contribution < 1.29 is 14.6 Å². The Hall–Kier alpha value is -3.63. The van der Waals surface area contributed by atoms with Crippen molar-refractivity contribution in [3.8, 4) is 0 Å². The molecule has 3 rings (SSSR count). The normalized spacial score (nSPS) is 13.4. The number of nitrogens with zero attached hydrogens (tertiary/aromatic N) is 5. The lowest BCUT2D eigenvalue weighted by molar-refractivity contribution is -0.394. The van der Waals surface area contributed by atoms with Crippen molar-refractivity contribution >= 4 is 23.1 Å². The van der Waals surface area contributed by atoms with Crippen LogP contribution >= 0.6 is 0 Å². The number of non-ortho nitro benzene ring substituents is 2. The quantitative estimate of drug-likeness (QED) is 0.597. The zero-order chi connectivity index (χ0) is 19.4. The Bertz CT molecular complexity index is 864. The topological polar surface area (TPSA) is 144 Å². The van der Waals surface area contributed by atoms with Gasteiger partial charge in [-0.3, -0.25) is 25.0 Å². The van der Waals surface area contributed by atoms with Crippen LogP contribution in [-0.4, -0.2) is 38.8 Å². The van der Waals surface area contributed by atoms with Crippen LogP contribution in [0.3, 0.4) is 0 Å². The molecule has 1 aliphatic heterocycles. The molecule has 11 heteroatoms.